The van der Waals surface area contributed by atoms with Gasteiger partial charge in [-0.15, -0.1) is 0 Å². The Morgan fingerprint density at radius 2 is 2.22 bits per heavy atom. The van der Waals surface area contributed by atoms with Crippen LogP contribution in [-0.2, 0) is 4.74 Å². The number of nitrogens with zero attached hydrogens (tertiary/aromatic N) is 3. The number of aromatic nitrogens is 2. The van der Waals surface area contributed by atoms with Crippen LogP contribution < -0.4 is 5.73 Å². The number of hydrogen-bond donors (Lipinski definition) is 1. The maximum absolute atomic E-state index is 5.92. The number of ether oxygens (including phenoxy) is 1. The third kappa shape index (κ3) is 3.80. The van der Waals surface area contributed by atoms with Crippen LogP contribution in [0.25, 0.3) is 0 Å². The molecule has 0 aliphatic carbocycles. The van der Waals surface area contributed by atoms with E-state index >= 15 is 0 Å². The summed E-state index contributed by atoms with van der Waals surface area (Å²) in [6.45, 7) is 9.56. The second-order valence-corrected chi connectivity index (χ2v) is 4.72. The molecule has 104 valence electrons. The maximum Gasteiger partial charge on any atom is 0.0589 e. The van der Waals surface area contributed by atoms with Gasteiger partial charge in [0.2, 0.25) is 0 Å². The van der Waals surface area contributed by atoms with Crippen LogP contribution >= 0.6 is 0 Å². The normalized spacial score (nSPS) is 13.5. The van der Waals surface area contributed by atoms with E-state index < -0.39 is 0 Å². The summed E-state index contributed by atoms with van der Waals surface area (Å²) in [4.78, 5) is 2.32. The maximum atomic E-state index is 5.92. The molecule has 0 spiro atoms. The number of hydrogen-bond acceptors (Lipinski definition) is 4. The molecule has 0 saturated heterocycles. The zero-order valence-corrected chi connectivity index (χ0v) is 12.0. The molecule has 1 aromatic heterocycles. The number of nitrogens with two attached hydrogens (primary N) is 1. The molecular formula is C13H26N4O. The second-order valence-electron chi connectivity index (χ2n) is 4.72. The summed E-state index contributed by atoms with van der Waals surface area (Å²) in [5.74, 6) is 0. The molecule has 5 nitrogen and oxygen atoms in total. The highest BCUT2D eigenvalue weighted by Crippen LogP contribution is 2.19. The minimum absolute atomic E-state index is 0.220. The zero-order valence-electron chi connectivity index (χ0n) is 12.0. The first kappa shape index (κ1) is 15.1. The molecule has 1 atom stereocenters. The minimum Gasteiger partial charge on any atom is -0.383 e. The summed E-state index contributed by atoms with van der Waals surface area (Å²) in [6.07, 6.45) is 4.02. The van der Waals surface area contributed by atoms with Crippen molar-refractivity contribution in [3.63, 3.8) is 0 Å². The van der Waals surface area contributed by atoms with E-state index in [-0.39, 0.29) is 6.04 Å². The summed E-state index contributed by atoms with van der Waals surface area (Å²) in [5.41, 5.74) is 7.10. The SMILES string of the molecule is CCN(CCOC)C(CN)c1cnn(C(C)C)c1. The molecule has 0 aliphatic rings. The van der Waals surface area contributed by atoms with Gasteiger partial charge in [-0.2, -0.15) is 5.10 Å². The summed E-state index contributed by atoms with van der Waals surface area (Å²) in [7, 11) is 1.72. The molecule has 0 fully saturated rings. The fourth-order valence-electron chi connectivity index (χ4n) is 2.05. The van der Waals surface area contributed by atoms with Gasteiger partial charge in [-0.25, -0.2) is 0 Å². The number of methoxy groups -OCH3 is 1. The molecule has 0 aliphatic heterocycles. The highest BCUT2D eigenvalue weighted by molar-refractivity contribution is 5.11. The number of rotatable bonds is 8. The lowest BCUT2D eigenvalue weighted by molar-refractivity contribution is 0.125. The first-order chi connectivity index (χ1) is 8.63. The molecule has 0 aromatic carbocycles. The Hall–Kier alpha value is -0.910. The molecule has 1 aromatic rings. The summed E-state index contributed by atoms with van der Waals surface area (Å²) in [5, 5.41) is 4.38. The third-order valence-electron chi connectivity index (χ3n) is 3.19. The van der Waals surface area contributed by atoms with E-state index in [2.05, 4.69) is 37.0 Å². The van der Waals surface area contributed by atoms with E-state index in [1.807, 2.05) is 10.9 Å². The van der Waals surface area contributed by atoms with Crippen molar-refractivity contribution >= 4 is 0 Å². The minimum atomic E-state index is 0.220. The molecule has 0 bridgehead atoms. The molecule has 0 amide bonds. The molecule has 0 radical (unpaired) electrons. The van der Waals surface area contributed by atoms with Gasteiger partial charge in [0.05, 0.1) is 18.8 Å². The average Bonchev–Trinajstić information content (AvgIpc) is 2.83. The van der Waals surface area contributed by atoms with Crippen molar-refractivity contribution < 1.29 is 4.74 Å². The highest BCUT2D eigenvalue weighted by Gasteiger charge is 2.19. The third-order valence-corrected chi connectivity index (χ3v) is 3.19. The number of likely N-dealkylation sites (N-methyl/N-ethyl adjacent to an activating group) is 1. The molecule has 1 heterocycles. The van der Waals surface area contributed by atoms with Crippen LogP contribution in [0.1, 0.15) is 38.4 Å². The Morgan fingerprint density at radius 1 is 1.50 bits per heavy atom. The smallest absolute Gasteiger partial charge is 0.0589 e. The Bertz CT molecular complexity index is 337. The van der Waals surface area contributed by atoms with E-state index in [0.29, 0.717) is 12.6 Å². The van der Waals surface area contributed by atoms with Gasteiger partial charge in [-0.05, 0) is 20.4 Å². The highest BCUT2D eigenvalue weighted by atomic mass is 16.5. The van der Waals surface area contributed by atoms with Crippen molar-refractivity contribution in [2.45, 2.75) is 32.9 Å². The summed E-state index contributed by atoms with van der Waals surface area (Å²) >= 11 is 0. The molecular weight excluding hydrogens is 228 g/mol. The van der Waals surface area contributed by atoms with Crippen LogP contribution in [0, 0.1) is 0 Å². The van der Waals surface area contributed by atoms with Crippen LogP contribution in [-0.4, -0.2) is 48.0 Å². The lowest BCUT2D eigenvalue weighted by Gasteiger charge is -2.28. The Balaban J connectivity index is 2.78. The van der Waals surface area contributed by atoms with E-state index in [4.69, 9.17) is 10.5 Å². The predicted octanol–water partition coefficient (Wildman–Crippen LogP) is 1.43. The van der Waals surface area contributed by atoms with Gasteiger partial charge >= 0.3 is 0 Å². The van der Waals surface area contributed by atoms with Crippen molar-refractivity contribution in [3.05, 3.63) is 18.0 Å². The van der Waals surface area contributed by atoms with Gasteiger partial charge in [0.1, 0.15) is 0 Å². The predicted molar refractivity (Wildman–Crippen MR) is 73.5 cm³/mol. The monoisotopic (exact) mass is 254 g/mol. The van der Waals surface area contributed by atoms with Crippen LogP contribution in [0.2, 0.25) is 0 Å². The van der Waals surface area contributed by atoms with Crippen LogP contribution in [0.5, 0.6) is 0 Å². The second kappa shape index (κ2) is 7.51. The molecule has 1 rings (SSSR count). The largest absolute Gasteiger partial charge is 0.383 e. The van der Waals surface area contributed by atoms with Gasteiger partial charge in [0.15, 0.2) is 0 Å². The quantitative estimate of drug-likeness (QED) is 0.762. The van der Waals surface area contributed by atoms with Gasteiger partial charge in [0, 0.05) is 38.0 Å². The lowest BCUT2D eigenvalue weighted by atomic mass is 10.1. The van der Waals surface area contributed by atoms with Gasteiger partial charge in [-0.1, -0.05) is 6.92 Å². The zero-order chi connectivity index (χ0) is 13.5. The van der Waals surface area contributed by atoms with E-state index in [0.717, 1.165) is 19.7 Å². The Morgan fingerprint density at radius 3 is 2.67 bits per heavy atom. The van der Waals surface area contributed by atoms with Crippen LogP contribution in [0.15, 0.2) is 12.4 Å². The summed E-state index contributed by atoms with van der Waals surface area (Å²) < 4.78 is 7.12. The van der Waals surface area contributed by atoms with Crippen molar-refractivity contribution in [3.8, 4) is 0 Å². The molecule has 18 heavy (non-hydrogen) atoms. The first-order valence-corrected chi connectivity index (χ1v) is 6.61. The van der Waals surface area contributed by atoms with Crippen LogP contribution in [0.4, 0.5) is 0 Å². The van der Waals surface area contributed by atoms with Crippen molar-refractivity contribution in [2.24, 2.45) is 5.73 Å². The lowest BCUT2D eigenvalue weighted by Crippen LogP contribution is -2.35. The van der Waals surface area contributed by atoms with Crippen LogP contribution in [0.3, 0.4) is 0 Å². The summed E-state index contributed by atoms with van der Waals surface area (Å²) in [6, 6.07) is 0.601. The van der Waals surface area contributed by atoms with E-state index in [1.165, 1.54) is 5.56 Å². The van der Waals surface area contributed by atoms with E-state index in [1.54, 1.807) is 7.11 Å². The van der Waals surface area contributed by atoms with Crippen molar-refractivity contribution in [2.75, 3.05) is 33.4 Å². The first-order valence-electron chi connectivity index (χ1n) is 6.61. The molecule has 5 heteroatoms. The Labute approximate surface area is 110 Å². The topological polar surface area (TPSA) is 56.3 Å². The van der Waals surface area contributed by atoms with Gasteiger partial charge in [-0.3, -0.25) is 9.58 Å². The van der Waals surface area contributed by atoms with Gasteiger partial charge in [0.25, 0.3) is 0 Å². The average molecular weight is 254 g/mol. The molecule has 2 N–H and O–H groups in total. The molecule has 0 saturated carbocycles. The van der Waals surface area contributed by atoms with E-state index in [9.17, 15) is 0 Å². The Kier molecular flexibility index (Phi) is 6.32. The van der Waals surface area contributed by atoms with Gasteiger partial charge < -0.3 is 10.5 Å². The fourth-order valence-corrected chi connectivity index (χ4v) is 2.05. The molecule has 1 unspecified atom stereocenters. The van der Waals surface area contributed by atoms with Crippen molar-refractivity contribution in [1.82, 2.24) is 14.7 Å². The van der Waals surface area contributed by atoms with Crippen molar-refractivity contribution in [1.29, 1.82) is 0 Å². The fraction of sp³-hybridized carbons (Fsp3) is 0.769. The standard InChI is InChI=1S/C13H26N4O/c1-5-16(6-7-18-4)13(8-14)12-9-15-17(10-12)11(2)3/h9-11,13H,5-8,14H2,1-4H3.